The molecule has 1 aromatic carbocycles. The second-order valence-electron chi connectivity index (χ2n) is 5.84. The van der Waals surface area contributed by atoms with Crippen LogP contribution in [0.25, 0.3) is 0 Å². The van der Waals surface area contributed by atoms with E-state index in [4.69, 9.17) is 4.65 Å². The Kier molecular flexibility index (Phi) is 6.04. The molecule has 1 aromatic rings. The summed E-state index contributed by atoms with van der Waals surface area (Å²) in [4.78, 5) is -1.92. The minimum atomic E-state index is -9.62. The first kappa shape index (κ1) is 22.6. The molecule has 1 nitrogen and oxygen atoms in total. The summed E-state index contributed by atoms with van der Waals surface area (Å²) in [6, 6.07) is 2.59. The molecule has 0 atom stereocenters. The maximum absolute atomic E-state index is 12.6. The molecule has 0 amide bonds. The van der Waals surface area contributed by atoms with E-state index in [1.165, 1.54) is 7.48 Å². The van der Waals surface area contributed by atoms with Crippen LogP contribution in [0.3, 0.4) is 0 Å². The lowest BCUT2D eigenvalue weighted by atomic mass is 9.84. The number of benzene rings is 1. The van der Waals surface area contributed by atoms with Crippen molar-refractivity contribution in [2.24, 2.45) is 0 Å². The highest BCUT2D eigenvalue weighted by Crippen LogP contribution is 3.02. The number of hydrogen-bond acceptors (Lipinski definition) is 2. The Hall–Kier alpha value is -0.405. The fourth-order valence-corrected chi connectivity index (χ4v) is 1.87. The van der Waals surface area contributed by atoms with Crippen LogP contribution in [0.1, 0.15) is 41.5 Å². The van der Waals surface area contributed by atoms with E-state index in [-0.39, 0.29) is 5.46 Å². The summed E-state index contributed by atoms with van der Waals surface area (Å²) < 4.78 is 67.8. The molecule has 0 aliphatic rings. The molecule has 0 spiro atoms. The maximum atomic E-state index is 12.6. The minimum Gasteiger partial charge on any atom is -0.428 e. The number of rotatable bonds is 5. The highest BCUT2D eigenvalue weighted by molar-refractivity contribution is 8.45. The lowest BCUT2D eigenvalue weighted by Gasteiger charge is -2.40. The van der Waals surface area contributed by atoms with Gasteiger partial charge in [-0.15, -0.1) is 0 Å². The predicted octanol–water partition coefficient (Wildman–Crippen LogP) is 6.12. The molecule has 0 bridgehead atoms. The van der Waals surface area contributed by atoms with E-state index in [0.717, 1.165) is 12.1 Å². The largest absolute Gasteiger partial charge is 0.428 e. The van der Waals surface area contributed by atoms with Crippen molar-refractivity contribution < 1.29 is 24.1 Å². The van der Waals surface area contributed by atoms with E-state index >= 15 is 0 Å². The zero-order valence-corrected chi connectivity index (χ0v) is 15.8. The molecule has 0 N–H and O–H groups in total. The molecular weight excluding hydrogens is 354 g/mol. The van der Waals surface area contributed by atoms with Crippen LogP contribution in [0.15, 0.2) is 29.2 Å². The van der Waals surface area contributed by atoms with Gasteiger partial charge in [0.15, 0.2) is 0 Å². The average molecular weight is 377 g/mol. The summed E-state index contributed by atoms with van der Waals surface area (Å²) >= 11 is 4.37. The quantitative estimate of drug-likeness (QED) is 0.370. The van der Waals surface area contributed by atoms with Crippen molar-refractivity contribution in [3.8, 4) is 0 Å². The SMILES string of the molecule is CC.CC(C)(S)C(C)(C)O[B]c1ccc(S(F)(F)(F)(F)F)cc1. The van der Waals surface area contributed by atoms with Gasteiger partial charge in [0.05, 0.1) is 5.60 Å². The number of hydrogen-bond donors (Lipinski definition) is 1. The van der Waals surface area contributed by atoms with Crippen LogP contribution in [0.4, 0.5) is 19.4 Å². The molecule has 9 heteroatoms. The molecule has 0 saturated heterocycles. The summed E-state index contributed by atoms with van der Waals surface area (Å²) in [7, 11) is -8.39. The molecule has 135 valence electrons. The highest BCUT2D eigenvalue weighted by Gasteiger charge is 2.65. The van der Waals surface area contributed by atoms with Gasteiger partial charge in [-0.05, 0) is 39.8 Å². The second kappa shape index (κ2) is 6.15. The normalized spacial score (nSPS) is 15.8. The number of thiol groups is 1. The molecule has 1 rings (SSSR count). The Labute approximate surface area is 141 Å². The molecule has 0 saturated carbocycles. The van der Waals surface area contributed by atoms with E-state index in [2.05, 4.69) is 12.6 Å². The van der Waals surface area contributed by atoms with E-state index in [9.17, 15) is 19.4 Å². The zero-order chi connectivity index (χ0) is 18.8. The highest BCUT2D eigenvalue weighted by atomic mass is 32.5. The molecule has 0 unspecified atom stereocenters. The fraction of sp³-hybridized carbons (Fsp3) is 0.571. The van der Waals surface area contributed by atoms with Crippen LogP contribution >= 0.6 is 22.9 Å². The third kappa shape index (κ3) is 6.93. The zero-order valence-electron chi connectivity index (χ0n) is 14.0. The van der Waals surface area contributed by atoms with Crippen molar-refractivity contribution in [3.05, 3.63) is 24.3 Å². The Morgan fingerprint density at radius 2 is 1.30 bits per heavy atom. The van der Waals surface area contributed by atoms with Gasteiger partial charge >= 0.3 is 17.7 Å². The van der Waals surface area contributed by atoms with Gasteiger partial charge in [-0.25, -0.2) is 0 Å². The molecule has 1 radical (unpaired) electrons. The van der Waals surface area contributed by atoms with Crippen molar-refractivity contribution >= 4 is 35.8 Å². The van der Waals surface area contributed by atoms with Gasteiger partial charge in [-0.1, -0.05) is 50.9 Å². The van der Waals surface area contributed by atoms with Crippen LogP contribution in [-0.2, 0) is 4.65 Å². The molecule has 23 heavy (non-hydrogen) atoms. The Balaban J connectivity index is 0.00000232. The van der Waals surface area contributed by atoms with E-state index in [1.807, 2.05) is 27.7 Å². The topological polar surface area (TPSA) is 9.23 Å². The Morgan fingerprint density at radius 1 is 0.913 bits per heavy atom. The van der Waals surface area contributed by atoms with Crippen LogP contribution in [0, 0.1) is 0 Å². The lowest BCUT2D eigenvalue weighted by molar-refractivity contribution is 0.0854. The smallest absolute Gasteiger partial charge is 0.330 e. The van der Waals surface area contributed by atoms with Crippen LogP contribution in [0.5, 0.6) is 0 Å². The van der Waals surface area contributed by atoms with Crippen LogP contribution in [0.2, 0.25) is 0 Å². The maximum Gasteiger partial charge on any atom is 0.330 e. The van der Waals surface area contributed by atoms with Gasteiger partial charge < -0.3 is 4.65 Å². The second-order valence-corrected chi connectivity index (χ2v) is 9.37. The third-order valence-electron chi connectivity index (χ3n) is 3.29. The monoisotopic (exact) mass is 377 g/mol. The van der Waals surface area contributed by atoms with Gasteiger partial charge in [0.2, 0.25) is 0 Å². The Bertz CT molecular complexity index is 520. The first-order chi connectivity index (χ1) is 9.92. The molecule has 0 aliphatic heterocycles. The predicted molar refractivity (Wildman–Crippen MR) is 92.8 cm³/mol. The van der Waals surface area contributed by atoms with Gasteiger partial charge in [0, 0.05) is 4.75 Å². The number of halogens is 5. The summed E-state index contributed by atoms with van der Waals surface area (Å²) in [6.07, 6.45) is 0. The summed E-state index contributed by atoms with van der Waals surface area (Å²) in [5, 5.41) is 0. The van der Waals surface area contributed by atoms with Gasteiger partial charge in [-0.3, -0.25) is 0 Å². The van der Waals surface area contributed by atoms with E-state index in [0.29, 0.717) is 12.1 Å². The molecule has 0 heterocycles. The first-order valence-corrected chi connectivity index (χ1v) is 9.40. The molecular formula is C14H23BF5OS2. The van der Waals surface area contributed by atoms with Crippen LogP contribution < -0.4 is 5.46 Å². The van der Waals surface area contributed by atoms with Gasteiger partial charge in [-0.2, -0.15) is 12.6 Å². The molecule has 0 aliphatic carbocycles. The summed E-state index contributed by atoms with van der Waals surface area (Å²) in [5.74, 6) is 0. The summed E-state index contributed by atoms with van der Waals surface area (Å²) in [6.45, 7) is 11.2. The van der Waals surface area contributed by atoms with Crippen molar-refractivity contribution in [1.82, 2.24) is 0 Å². The molecule has 0 aromatic heterocycles. The Morgan fingerprint density at radius 3 is 1.61 bits per heavy atom. The van der Waals surface area contributed by atoms with Crippen molar-refractivity contribution in [3.63, 3.8) is 0 Å². The fourth-order valence-electron chi connectivity index (χ4n) is 1.16. The lowest BCUT2D eigenvalue weighted by Crippen LogP contribution is -2.45. The third-order valence-corrected chi connectivity index (χ3v) is 4.99. The van der Waals surface area contributed by atoms with E-state index < -0.39 is 25.5 Å². The molecule has 0 fully saturated rings. The first-order valence-electron chi connectivity index (χ1n) is 7.00. The van der Waals surface area contributed by atoms with Gasteiger partial charge in [0.1, 0.15) is 4.90 Å². The van der Waals surface area contributed by atoms with Crippen molar-refractivity contribution in [2.45, 2.75) is 56.8 Å². The summed E-state index contributed by atoms with van der Waals surface area (Å²) in [5.41, 5.74) is -0.444. The van der Waals surface area contributed by atoms with Crippen molar-refractivity contribution in [1.29, 1.82) is 0 Å². The van der Waals surface area contributed by atoms with Crippen LogP contribution in [-0.4, -0.2) is 17.8 Å². The van der Waals surface area contributed by atoms with E-state index in [1.54, 1.807) is 13.8 Å². The average Bonchev–Trinajstić information content (AvgIpc) is 2.35. The minimum absolute atomic E-state index is 0.256. The van der Waals surface area contributed by atoms with Gasteiger partial charge in [0.25, 0.3) is 0 Å². The standard InChI is InChI=1S/C12H17BF5OS2.C2H6/c1-11(2,12(3,4)20)19-13-9-5-7-10(8-6-9)21(14,15,16,17)18;1-2/h5-8,20H,1-4H3;1-2H3. The van der Waals surface area contributed by atoms with Crippen molar-refractivity contribution in [2.75, 3.05) is 0 Å².